The minimum Gasteiger partial charge on any atom is -0.481 e. The van der Waals surface area contributed by atoms with Crippen molar-refractivity contribution in [1.82, 2.24) is 10.2 Å². The lowest BCUT2D eigenvalue weighted by atomic mass is 9.75. The molecular formula is C24H31FN2O2. The van der Waals surface area contributed by atoms with E-state index in [-0.39, 0.29) is 23.3 Å². The van der Waals surface area contributed by atoms with Crippen molar-refractivity contribution in [3.63, 3.8) is 0 Å². The van der Waals surface area contributed by atoms with E-state index in [1.807, 2.05) is 42.5 Å². The van der Waals surface area contributed by atoms with Crippen molar-refractivity contribution < 1.29 is 13.9 Å². The van der Waals surface area contributed by atoms with E-state index in [1.54, 1.807) is 6.92 Å². The second-order valence-corrected chi connectivity index (χ2v) is 8.28. The van der Waals surface area contributed by atoms with Crippen LogP contribution in [0.3, 0.4) is 0 Å². The number of hydrogen-bond acceptors (Lipinski definition) is 3. The number of carbonyl (C=O) groups is 1. The van der Waals surface area contributed by atoms with Crippen LogP contribution >= 0.6 is 0 Å². The summed E-state index contributed by atoms with van der Waals surface area (Å²) in [5.74, 6) is 0.422. The Hall–Kier alpha value is -2.40. The molecule has 0 bridgehead atoms. The summed E-state index contributed by atoms with van der Waals surface area (Å²) in [4.78, 5) is 14.8. The highest BCUT2D eigenvalue weighted by Crippen LogP contribution is 2.35. The van der Waals surface area contributed by atoms with E-state index in [0.717, 1.165) is 37.7 Å². The topological polar surface area (TPSA) is 41.6 Å². The zero-order chi connectivity index (χ0) is 20.9. The van der Waals surface area contributed by atoms with Crippen LogP contribution in [0.2, 0.25) is 0 Å². The molecule has 2 aromatic rings. The highest BCUT2D eigenvalue weighted by molar-refractivity contribution is 5.81. The SMILES string of the molecule is CC(Oc1ccccc1)C(=O)NC1CCC(Cc2ccc(F)cc2)(N(C)C)CC1. The molecule has 29 heavy (non-hydrogen) atoms. The van der Waals surface area contributed by atoms with Gasteiger partial charge in [-0.25, -0.2) is 4.39 Å². The number of hydrogen-bond donors (Lipinski definition) is 1. The number of nitrogens with zero attached hydrogens (tertiary/aromatic N) is 1. The molecule has 0 spiro atoms. The van der Waals surface area contributed by atoms with E-state index in [1.165, 1.54) is 12.1 Å². The van der Waals surface area contributed by atoms with Gasteiger partial charge in [0.2, 0.25) is 0 Å². The predicted molar refractivity (Wildman–Crippen MR) is 113 cm³/mol. The molecule has 1 atom stereocenters. The molecule has 0 heterocycles. The molecule has 5 heteroatoms. The highest BCUT2D eigenvalue weighted by atomic mass is 19.1. The first kappa shape index (κ1) is 21.3. The van der Waals surface area contributed by atoms with Gasteiger partial charge in [-0.05, 0) is 83.0 Å². The van der Waals surface area contributed by atoms with Gasteiger partial charge in [-0.15, -0.1) is 0 Å². The molecular weight excluding hydrogens is 367 g/mol. The summed E-state index contributed by atoms with van der Waals surface area (Å²) < 4.78 is 19.0. The zero-order valence-electron chi connectivity index (χ0n) is 17.5. The fraction of sp³-hybridized carbons (Fsp3) is 0.458. The highest BCUT2D eigenvalue weighted by Gasteiger charge is 2.38. The van der Waals surface area contributed by atoms with Gasteiger partial charge in [0, 0.05) is 11.6 Å². The summed E-state index contributed by atoms with van der Waals surface area (Å²) in [6, 6.07) is 16.4. The number of halogens is 1. The Morgan fingerprint density at radius 2 is 1.76 bits per heavy atom. The number of rotatable bonds is 7. The number of para-hydroxylation sites is 1. The molecule has 1 fully saturated rings. The molecule has 1 unspecified atom stereocenters. The van der Waals surface area contributed by atoms with Gasteiger partial charge in [-0.3, -0.25) is 4.79 Å². The molecule has 0 aromatic heterocycles. The molecule has 0 aliphatic heterocycles. The minimum absolute atomic E-state index is 0.0329. The van der Waals surface area contributed by atoms with E-state index in [9.17, 15) is 9.18 Å². The van der Waals surface area contributed by atoms with Crippen LogP contribution in [-0.4, -0.2) is 42.6 Å². The number of nitrogens with one attached hydrogen (secondary N) is 1. The first-order valence-electron chi connectivity index (χ1n) is 10.3. The Morgan fingerprint density at radius 3 is 2.34 bits per heavy atom. The number of likely N-dealkylation sites (N-methyl/N-ethyl adjacent to an activating group) is 1. The van der Waals surface area contributed by atoms with Crippen LogP contribution in [0.4, 0.5) is 4.39 Å². The molecule has 4 nitrogen and oxygen atoms in total. The lowest BCUT2D eigenvalue weighted by Crippen LogP contribution is -2.53. The maximum atomic E-state index is 13.2. The predicted octanol–water partition coefficient (Wildman–Crippen LogP) is 4.19. The van der Waals surface area contributed by atoms with Crippen molar-refractivity contribution in [1.29, 1.82) is 0 Å². The number of benzene rings is 2. The van der Waals surface area contributed by atoms with E-state index in [2.05, 4.69) is 24.3 Å². The molecule has 156 valence electrons. The number of amides is 1. The molecule has 1 saturated carbocycles. The van der Waals surface area contributed by atoms with Gasteiger partial charge in [0.15, 0.2) is 6.10 Å². The Kier molecular flexibility index (Phi) is 6.91. The van der Waals surface area contributed by atoms with Gasteiger partial charge in [0.1, 0.15) is 11.6 Å². The molecule has 0 radical (unpaired) electrons. The molecule has 2 aromatic carbocycles. The summed E-state index contributed by atoms with van der Waals surface area (Å²) in [5.41, 5.74) is 1.18. The molecule has 1 amide bonds. The lowest BCUT2D eigenvalue weighted by molar-refractivity contribution is -0.128. The van der Waals surface area contributed by atoms with Crippen molar-refractivity contribution in [2.45, 2.75) is 56.7 Å². The average Bonchev–Trinajstić information content (AvgIpc) is 2.72. The molecule has 1 N–H and O–H groups in total. The minimum atomic E-state index is -0.530. The van der Waals surface area contributed by atoms with Gasteiger partial charge >= 0.3 is 0 Å². The summed E-state index contributed by atoms with van der Waals surface area (Å²) in [6.07, 6.45) is 4.16. The van der Waals surface area contributed by atoms with Crippen molar-refractivity contribution >= 4 is 5.91 Å². The van der Waals surface area contributed by atoms with Crippen LogP contribution in [-0.2, 0) is 11.2 Å². The van der Waals surface area contributed by atoms with Crippen LogP contribution in [0, 0.1) is 5.82 Å². The van der Waals surface area contributed by atoms with Crippen LogP contribution in [0.1, 0.15) is 38.2 Å². The van der Waals surface area contributed by atoms with E-state index in [0.29, 0.717) is 5.75 Å². The first-order valence-corrected chi connectivity index (χ1v) is 10.3. The van der Waals surface area contributed by atoms with Gasteiger partial charge in [-0.1, -0.05) is 30.3 Å². The van der Waals surface area contributed by atoms with Crippen LogP contribution in [0.5, 0.6) is 5.75 Å². The van der Waals surface area contributed by atoms with Gasteiger partial charge in [0.05, 0.1) is 0 Å². The largest absolute Gasteiger partial charge is 0.481 e. The molecule has 1 aliphatic rings. The van der Waals surface area contributed by atoms with Gasteiger partial charge < -0.3 is 15.0 Å². The van der Waals surface area contributed by atoms with Crippen molar-refractivity contribution in [3.05, 3.63) is 66.0 Å². The van der Waals surface area contributed by atoms with Crippen molar-refractivity contribution in [2.75, 3.05) is 14.1 Å². The number of carbonyl (C=O) groups excluding carboxylic acids is 1. The summed E-state index contributed by atoms with van der Waals surface area (Å²) >= 11 is 0. The average molecular weight is 399 g/mol. The van der Waals surface area contributed by atoms with Crippen LogP contribution in [0.15, 0.2) is 54.6 Å². The normalized spacial score (nSPS) is 22.9. The van der Waals surface area contributed by atoms with Crippen molar-refractivity contribution in [2.24, 2.45) is 0 Å². The second kappa shape index (κ2) is 9.40. The Balaban J connectivity index is 1.54. The maximum Gasteiger partial charge on any atom is 0.260 e. The van der Waals surface area contributed by atoms with Gasteiger partial charge in [0.25, 0.3) is 5.91 Å². The summed E-state index contributed by atoms with van der Waals surface area (Å²) in [7, 11) is 4.22. The van der Waals surface area contributed by atoms with Crippen molar-refractivity contribution in [3.8, 4) is 5.75 Å². The third-order valence-electron chi connectivity index (χ3n) is 6.08. The maximum absolute atomic E-state index is 13.2. The van der Waals surface area contributed by atoms with Crippen LogP contribution < -0.4 is 10.1 Å². The molecule has 0 saturated heterocycles. The first-order chi connectivity index (χ1) is 13.9. The Morgan fingerprint density at radius 1 is 1.14 bits per heavy atom. The third-order valence-corrected chi connectivity index (χ3v) is 6.08. The zero-order valence-corrected chi connectivity index (χ0v) is 17.5. The Labute approximate surface area is 173 Å². The fourth-order valence-corrected chi connectivity index (χ4v) is 4.14. The lowest BCUT2D eigenvalue weighted by Gasteiger charge is -2.45. The number of ether oxygens (including phenoxy) is 1. The van der Waals surface area contributed by atoms with E-state index >= 15 is 0 Å². The fourth-order valence-electron chi connectivity index (χ4n) is 4.14. The smallest absolute Gasteiger partial charge is 0.260 e. The molecule has 1 aliphatic carbocycles. The quantitative estimate of drug-likeness (QED) is 0.760. The third kappa shape index (κ3) is 5.57. The summed E-state index contributed by atoms with van der Waals surface area (Å²) in [5, 5.41) is 3.15. The summed E-state index contributed by atoms with van der Waals surface area (Å²) in [6.45, 7) is 1.78. The van der Waals surface area contributed by atoms with E-state index < -0.39 is 6.10 Å². The van der Waals surface area contributed by atoms with E-state index in [4.69, 9.17) is 4.74 Å². The van der Waals surface area contributed by atoms with Gasteiger partial charge in [-0.2, -0.15) is 0 Å². The monoisotopic (exact) mass is 398 g/mol. The van der Waals surface area contributed by atoms with Crippen LogP contribution in [0.25, 0.3) is 0 Å². The Bertz CT molecular complexity index is 784. The second-order valence-electron chi connectivity index (χ2n) is 8.28. The molecule has 3 rings (SSSR count). The standard InChI is InChI=1S/C24H31FN2O2/c1-18(29-22-7-5-4-6-8-22)23(28)26-21-13-15-24(16-14-21,27(2)3)17-19-9-11-20(25)12-10-19/h4-12,18,21H,13-17H2,1-3H3,(H,26,28).